The number of anilines is 1. The van der Waals surface area contributed by atoms with Gasteiger partial charge in [0.1, 0.15) is 5.82 Å². The molecule has 1 aliphatic rings. The zero-order valence-corrected chi connectivity index (χ0v) is 17.8. The predicted molar refractivity (Wildman–Crippen MR) is 114 cm³/mol. The summed E-state index contributed by atoms with van der Waals surface area (Å²) in [5.74, 6) is 0.129. The summed E-state index contributed by atoms with van der Waals surface area (Å²) in [5.41, 5.74) is 3.33. The molecule has 1 saturated heterocycles. The molecule has 0 bridgehead atoms. The summed E-state index contributed by atoms with van der Waals surface area (Å²) in [6.45, 7) is 5.85. The molecule has 9 heteroatoms. The van der Waals surface area contributed by atoms with E-state index >= 15 is 0 Å². The Labute approximate surface area is 175 Å². The number of benzene rings is 1. The summed E-state index contributed by atoms with van der Waals surface area (Å²) in [6, 6.07) is 11.4. The first-order chi connectivity index (χ1) is 14.3. The standard InChI is InChI=1S/C21H24FN5O2S/c1-16-21(17(2)27(24-16)20-8-3-4-9-23-20)25-10-12-26(13-11-25)30(28,29)15-18-6-5-7-19(22)14-18/h3-9,14H,10-13,15H2,1-2H3. The monoisotopic (exact) mass is 429 g/mol. The highest BCUT2D eigenvalue weighted by atomic mass is 32.2. The van der Waals surface area contributed by atoms with E-state index in [0.717, 1.165) is 22.9 Å². The second kappa shape index (κ2) is 8.16. The van der Waals surface area contributed by atoms with Gasteiger partial charge in [0.05, 0.1) is 22.8 Å². The van der Waals surface area contributed by atoms with Crippen LogP contribution >= 0.6 is 0 Å². The molecular weight excluding hydrogens is 405 g/mol. The van der Waals surface area contributed by atoms with Gasteiger partial charge >= 0.3 is 0 Å². The molecule has 2 aromatic heterocycles. The molecule has 1 aliphatic heterocycles. The van der Waals surface area contributed by atoms with Crippen LogP contribution in [0.25, 0.3) is 5.82 Å². The minimum atomic E-state index is -3.51. The third kappa shape index (κ3) is 4.08. The summed E-state index contributed by atoms with van der Waals surface area (Å²) >= 11 is 0. The van der Waals surface area contributed by atoms with E-state index in [-0.39, 0.29) is 5.75 Å². The van der Waals surface area contributed by atoms with E-state index in [0.29, 0.717) is 31.7 Å². The molecule has 158 valence electrons. The van der Waals surface area contributed by atoms with E-state index in [1.807, 2.05) is 36.7 Å². The molecule has 7 nitrogen and oxygen atoms in total. The fraction of sp³-hybridized carbons (Fsp3) is 0.333. The number of rotatable bonds is 5. The maximum Gasteiger partial charge on any atom is 0.218 e. The minimum absolute atomic E-state index is 0.194. The van der Waals surface area contributed by atoms with Crippen LogP contribution in [0.3, 0.4) is 0 Å². The molecule has 0 spiro atoms. The number of halogens is 1. The van der Waals surface area contributed by atoms with E-state index < -0.39 is 15.8 Å². The van der Waals surface area contributed by atoms with Crippen molar-refractivity contribution in [2.45, 2.75) is 19.6 Å². The van der Waals surface area contributed by atoms with Crippen LogP contribution < -0.4 is 4.90 Å². The Kier molecular flexibility index (Phi) is 5.57. The lowest BCUT2D eigenvalue weighted by atomic mass is 10.2. The Bertz CT molecular complexity index is 1140. The minimum Gasteiger partial charge on any atom is -0.366 e. The molecule has 0 N–H and O–H groups in total. The normalized spacial score (nSPS) is 15.5. The largest absolute Gasteiger partial charge is 0.366 e. The summed E-state index contributed by atoms with van der Waals surface area (Å²) < 4.78 is 42.3. The van der Waals surface area contributed by atoms with Gasteiger partial charge in [0, 0.05) is 32.4 Å². The van der Waals surface area contributed by atoms with Gasteiger partial charge in [0.2, 0.25) is 10.0 Å². The topological polar surface area (TPSA) is 71.3 Å². The number of piperazine rings is 1. The Morgan fingerprint density at radius 2 is 1.80 bits per heavy atom. The highest BCUT2D eigenvalue weighted by Crippen LogP contribution is 2.28. The van der Waals surface area contributed by atoms with Crippen LogP contribution in [0.5, 0.6) is 0 Å². The number of hydrogen-bond acceptors (Lipinski definition) is 5. The smallest absolute Gasteiger partial charge is 0.218 e. The zero-order valence-electron chi connectivity index (χ0n) is 17.0. The van der Waals surface area contributed by atoms with Gasteiger partial charge in [0.25, 0.3) is 0 Å². The third-order valence-electron chi connectivity index (χ3n) is 5.31. The first-order valence-electron chi connectivity index (χ1n) is 9.80. The number of pyridine rings is 1. The van der Waals surface area contributed by atoms with Gasteiger partial charge in [0.15, 0.2) is 5.82 Å². The van der Waals surface area contributed by atoms with Crippen LogP contribution in [0.2, 0.25) is 0 Å². The van der Waals surface area contributed by atoms with Crippen molar-refractivity contribution < 1.29 is 12.8 Å². The molecule has 0 radical (unpaired) electrons. The van der Waals surface area contributed by atoms with Crippen molar-refractivity contribution in [1.29, 1.82) is 0 Å². The summed E-state index contributed by atoms with van der Waals surface area (Å²) in [4.78, 5) is 6.54. The van der Waals surface area contributed by atoms with Crippen LogP contribution in [0, 0.1) is 19.7 Å². The summed E-state index contributed by atoms with van der Waals surface area (Å²) in [5, 5.41) is 4.63. The lowest BCUT2D eigenvalue weighted by Gasteiger charge is -2.35. The van der Waals surface area contributed by atoms with Gasteiger partial charge in [-0.3, -0.25) is 0 Å². The van der Waals surface area contributed by atoms with Crippen LogP contribution in [-0.4, -0.2) is 53.7 Å². The fourth-order valence-corrected chi connectivity index (χ4v) is 5.42. The number of sulfonamides is 1. The summed E-state index contributed by atoms with van der Waals surface area (Å²) in [7, 11) is -3.51. The molecule has 0 saturated carbocycles. The van der Waals surface area contributed by atoms with Crippen molar-refractivity contribution in [3.63, 3.8) is 0 Å². The molecule has 1 aromatic carbocycles. The fourth-order valence-electron chi connectivity index (χ4n) is 3.91. The molecular formula is C21H24FN5O2S. The van der Waals surface area contributed by atoms with Crippen LogP contribution in [0.4, 0.5) is 10.1 Å². The van der Waals surface area contributed by atoms with E-state index in [4.69, 9.17) is 0 Å². The highest BCUT2D eigenvalue weighted by Gasteiger charge is 2.29. The van der Waals surface area contributed by atoms with Gasteiger partial charge in [-0.1, -0.05) is 18.2 Å². The van der Waals surface area contributed by atoms with Crippen molar-refractivity contribution in [2.24, 2.45) is 0 Å². The molecule has 0 amide bonds. The van der Waals surface area contributed by atoms with Gasteiger partial charge in [-0.2, -0.15) is 9.40 Å². The van der Waals surface area contributed by atoms with Crippen LogP contribution in [-0.2, 0) is 15.8 Å². The average molecular weight is 430 g/mol. The van der Waals surface area contributed by atoms with E-state index in [9.17, 15) is 12.8 Å². The maximum atomic E-state index is 13.4. The van der Waals surface area contributed by atoms with Crippen LogP contribution in [0.1, 0.15) is 17.0 Å². The van der Waals surface area contributed by atoms with E-state index in [1.54, 1.807) is 12.3 Å². The van der Waals surface area contributed by atoms with E-state index in [2.05, 4.69) is 15.0 Å². The van der Waals surface area contributed by atoms with Crippen molar-refractivity contribution in [3.05, 3.63) is 71.4 Å². The first-order valence-corrected chi connectivity index (χ1v) is 11.4. The van der Waals surface area contributed by atoms with Crippen molar-refractivity contribution >= 4 is 15.7 Å². The van der Waals surface area contributed by atoms with E-state index in [1.165, 1.54) is 22.5 Å². The van der Waals surface area contributed by atoms with Crippen molar-refractivity contribution in [3.8, 4) is 5.82 Å². The second-order valence-corrected chi connectivity index (χ2v) is 9.36. The molecule has 3 heterocycles. The molecule has 4 rings (SSSR count). The molecule has 30 heavy (non-hydrogen) atoms. The number of hydrogen-bond donors (Lipinski definition) is 0. The zero-order chi connectivity index (χ0) is 21.3. The van der Waals surface area contributed by atoms with Crippen molar-refractivity contribution in [2.75, 3.05) is 31.1 Å². The first kappa shape index (κ1) is 20.5. The Morgan fingerprint density at radius 3 is 2.47 bits per heavy atom. The Balaban J connectivity index is 1.48. The molecule has 0 unspecified atom stereocenters. The number of aryl methyl sites for hydroxylation is 1. The average Bonchev–Trinajstić information content (AvgIpc) is 3.02. The predicted octanol–water partition coefficient (Wildman–Crippen LogP) is 2.68. The quantitative estimate of drug-likeness (QED) is 0.624. The van der Waals surface area contributed by atoms with Crippen LogP contribution in [0.15, 0.2) is 48.7 Å². The van der Waals surface area contributed by atoms with Gasteiger partial charge < -0.3 is 4.90 Å². The SMILES string of the molecule is Cc1nn(-c2ccccn2)c(C)c1N1CCN(S(=O)(=O)Cc2cccc(F)c2)CC1. The number of nitrogens with zero attached hydrogens (tertiary/aromatic N) is 5. The Hall–Kier alpha value is -2.78. The molecule has 0 atom stereocenters. The van der Waals surface area contributed by atoms with Crippen molar-refractivity contribution in [1.82, 2.24) is 19.1 Å². The van der Waals surface area contributed by atoms with Gasteiger partial charge in [-0.05, 0) is 43.7 Å². The second-order valence-electron chi connectivity index (χ2n) is 7.39. The molecule has 3 aromatic rings. The molecule has 0 aliphatic carbocycles. The third-order valence-corrected chi connectivity index (χ3v) is 7.16. The van der Waals surface area contributed by atoms with Gasteiger partial charge in [-0.25, -0.2) is 22.5 Å². The lowest BCUT2D eigenvalue weighted by molar-refractivity contribution is 0.384. The molecule has 1 fully saturated rings. The number of aromatic nitrogens is 3. The Morgan fingerprint density at radius 1 is 1.03 bits per heavy atom. The highest BCUT2D eigenvalue weighted by molar-refractivity contribution is 7.88. The lowest BCUT2D eigenvalue weighted by Crippen LogP contribution is -2.49. The maximum absolute atomic E-state index is 13.4. The summed E-state index contributed by atoms with van der Waals surface area (Å²) in [6.07, 6.45) is 1.73. The van der Waals surface area contributed by atoms with Gasteiger partial charge in [-0.15, -0.1) is 0 Å².